The lowest BCUT2D eigenvalue weighted by Crippen LogP contribution is -2.60. The van der Waals surface area contributed by atoms with Gasteiger partial charge in [0, 0.05) is 13.0 Å². The fraction of sp³-hybridized carbons (Fsp3) is 0.909. The minimum atomic E-state index is -1.12. The minimum Gasteiger partial charge on any atom is -0.480 e. The predicted octanol–water partition coefficient (Wildman–Crippen LogP) is 6.27. The third-order valence-electron chi connectivity index (χ3n) is 8.04. The first-order chi connectivity index (χ1) is 20.3. The topological polar surface area (TPSA) is 156 Å². The van der Waals surface area contributed by atoms with Crippen molar-refractivity contribution in [2.24, 2.45) is 17.2 Å². The second-order valence-corrected chi connectivity index (χ2v) is 11.9. The fourth-order valence-corrected chi connectivity index (χ4v) is 5.36. The molecule has 0 aromatic rings. The maximum absolute atomic E-state index is 13.6. The Balaban J connectivity index is 5.18. The Hall–Kier alpha value is -1.71. The second kappa shape index (κ2) is 28.1. The molecule has 2 atom stereocenters. The molecule has 0 bridgehead atoms. The summed E-state index contributed by atoms with van der Waals surface area (Å²) in [6.45, 7) is 5.50. The first-order valence-corrected chi connectivity index (χ1v) is 17.4. The molecule has 0 aliphatic heterocycles. The van der Waals surface area contributed by atoms with Crippen molar-refractivity contribution in [2.45, 2.75) is 174 Å². The van der Waals surface area contributed by atoms with E-state index < -0.39 is 18.1 Å². The van der Waals surface area contributed by atoms with Crippen molar-refractivity contribution < 1.29 is 19.5 Å². The summed E-state index contributed by atoms with van der Waals surface area (Å²) in [7, 11) is 0. The standard InChI is InChI=1S/C33H67N5O4/c1-3-5-7-8-9-10-11-12-13-14-15-16-17-22-28-37(32(40)29(36)23-18-20-26-34)38(31(39)25-6-4-2)30(33(41)42)24-19-21-27-35/h29-30H,3-28,34-36H2,1-2H3,(H,41,42). The highest BCUT2D eigenvalue weighted by molar-refractivity contribution is 5.88. The van der Waals surface area contributed by atoms with E-state index in [0.29, 0.717) is 58.2 Å². The smallest absolute Gasteiger partial charge is 0.328 e. The number of nitrogens with two attached hydrogens (primary N) is 3. The number of carbonyl (C=O) groups is 3. The van der Waals surface area contributed by atoms with Crippen LogP contribution in [0.2, 0.25) is 0 Å². The van der Waals surface area contributed by atoms with Crippen molar-refractivity contribution in [3.8, 4) is 0 Å². The van der Waals surface area contributed by atoms with Gasteiger partial charge >= 0.3 is 5.97 Å². The zero-order valence-electron chi connectivity index (χ0n) is 27.3. The van der Waals surface area contributed by atoms with Gasteiger partial charge in [-0.1, -0.05) is 110 Å². The van der Waals surface area contributed by atoms with Crippen LogP contribution in [0.25, 0.3) is 0 Å². The van der Waals surface area contributed by atoms with Crippen molar-refractivity contribution >= 4 is 17.8 Å². The van der Waals surface area contributed by atoms with Crippen LogP contribution in [0.3, 0.4) is 0 Å². The molecule has 9 nitrogen and oxygen atoms in total. The van der Waals surface area contributed by atoms with Gasteiger partial charge in [-0.05, 0) is 58.0 Å². The molecule has 0 aromatic heterocycles. The Labute approximate surface area is 257 Å². The average molecular weight is 598 g/mol. The summed E-state index contributed by atoms with van der Waals surface area (Å²) >= 11 is 0. The van der Waals surface area contributed by atoms with E-state index in [2.05, 4.69) is 6.92 Å². The lowest BCUT2D eigenvalue weighted by molar-refractivity contribution is -0.178. The summed E-state index contributed by atoms with van der Waals surface area (Å²) in [6.07, 6.45) is 22.1. The van der Waals surface area contributed by atoms with Crippen LogP contribution in [0.4, 0.5) is 0 Å². The SMILES string of the molecule is CCCCCCCCCCCCCCCCN(C(=O)C(N)CCCCN)N(C(=O)CCCC)C(CCCCN)C(=O)O. The van der Waals surface area contributed by atoms with Crippen LogP contribution in [0.1, 0.15) is 162 Å². The third kappa shape index (κ3) is 19.5. The van der Waals surface area contributed by atoms with E-state index in [9.17, 15) is 19.5 Å². The van der Waals surface area contributed by atoms with E-state index in [-0.39, 0.29) is 24.7 Å². The number of nitrogens with zero attached hydrogens (tertiary/aromatic N) is 2. The number of carboxylic acid groups (broad SMARTS) is 1. The second-order valence-electron chi connectivity index (χ2n) is 11.9. The number of hydrogen-bond donors (Lipinski definition) is 4. The van der Waals surface area contributed by atoms with Gasteiger partial charge in [0.15, 0.2) is 6.04 Å². The van der Waals surface area contributed by atoms with Crippen LogP contribution in [-0.4, -0.2) is 64.6 Å². The quantitative estimate of drug-likeness (QED) is 0.0585. The van der Waals surface area contributed by atoms with Gasteiger partial charge < -0.3 is 22.3 Å². The van der Waals surface area contributed by atoms with Gasteiger partial charge in [-0.2, -0.15) is 0 Å². The Bertz CT molecular complexity index is 679. The van der Waals surface area contributed by atoms with Crippen molar-refractivity contribution in [3.05, 3.63) is 0 Å². The molecule has 0 fully saturated rings. The van der Waals surface area contributed by atoms with Gasteiger partial charge in [-0.25, -0.2) is 14.8 Å². The predicted molar refractivity (Wildman–Crippen MR) is 174 cm³/mol. The van der Waals surface area contributed by atoms with Crippen LogP contribution in [0.5, 0.6) is 0 Å². The third-order valence-corrected chi connectivity index (χ3v) is 8.04. The molecule has 7 N–H and O–H groups in total. The maximum atomic E-state index is 13.6. The van der Waals surface area contributed by atoms with E-state index in [1.165, 1.54) is 74.2 Å². The van der Waals surface area contributed by atoms with Gasteiger partial charge in [0.25, 0.3) is 5.91 Å². The van der Waals surface area contributed by atoms with Gasteiger partial charge in [0.1, 0.15) is 0 Å². The van der Waals surface area contributed by atoms with Crippen molar-refractivity contribution in [1.82, 2.24) is 10.0 Å². The summed E-state index contributed by atoms with van der Waals surface area (Å²) in [6, 6.07) is -1.92. The van der Waals surface area contributed by atoms with Crippen LogP contribution >= 0.6 is 0 Å². The highest BCUT2D eigenvalue weighted by atomic mass is 16.4. The summed E-state index contributed by atoms with van der Waals surface area (Å²) < 4.78 is 0. The molecule has 2 unspecified atom stereocenters. The lowest BCUT2D eigenvalue weighted by atomic mass is 10.0. The Kier molecular flexibility index (Phi) is 26.9. The van der Waals surface area contributed by atoms with Crippen molar-refractivity contribution in [2.75, 3.05) is 19.6 Å². The highest BCUT2D eigenvalue weighted by Crippen LogP contribution is 2.20. The van der Waals surface area contributed by atoms with E-state index in [1.807, 2.05) is 6.92 Å². The summed E-state index contributed by atoms with van der Waals surface area (Å²) in [5.41, 5.74) is 17.6. The largest absolute Gasteiger partial charge is 0.480 e. The van der Waals surface area contributed by atoms with Gasteiger partial charge in [0.05, 0.1) is 6.04 Å². The Morgan fingerprint density at radius 3 is 1.52 bits per heavy atom. The highest BCUT2D eigenvalue weighted by Gasteiger charge is 2.37. The number of amides is 2. The molecule has 0 radical (unpaired) electrons. The molecular formula is C33H67N5O4. The summed E-state index contributed by atoms with van der Waals surface area (Å²) in [5.74, 6) is -1.81. The van der Waals surface area contributed by atoms with Gasteiger partial charge in [0.2, 0.25) is 5.91 Å². The summed E-state index contributed by atoms with van der Waals surface area (Å²) in [4.78, 5) is 39.5. The number of hydrazine groups is 1. The molecular weight excluding hydrogens is 530 g/mol. The molecule has 42 heavy (non-hydrogen) atoms. The van der Waals surface area contributed by atoms with E-state index >= 15 is 0 Å². The van der Waals surface area contributed by atoms with E-state index in [1.54, 1.807) is 0 Å². The number of aliphatic carboxylic acids is 1. The average Bonchev–Trinajstić information content (AvgIpc) is 2.97. The van der Waals surface area contributed by atoms with E-state index in [4.69, 9.17) is 17.2 Å². The molecule has 0 spiro atoms. The maximum Gasteiger partial charge on any atom is 0.328 e. The number of carbonyl (C=O) groups excluding carboxylic acids is 2. The van der Waals surface area contributed by atoms with Gasteiger partial charge in [-0.3, -0.25) is 9.59 Å². The number of carboxylic acids is 1. The minimum absolute atomic E-state index is 0.197. The van der Waals surface area contributed by atoms with Crippen molar-refractivity contribution in [3.63, 3.8) is 0 Å². The first kappa shape index (κ1) is 40.3. The number of unbranched alkanes of at least 4 members (excludes halogenated alkanes) is 16. The summed E-state index contributed by atoms with van der Waals surface area (Å²) in [5, 5.41) is 12.8. The molecule has 248 valence electrons. The van der Waals surface area contributed by atoms with Crippen LogP contribution in [0.15, 0.2) is 0 Å². The van der Waals surface area contributed by atoms with Crippen LogP contribution in [-0.2, 0) is 14.4 Å². The number of rotatable bonds is 29. The van der Waals surface area contributed by atoms with Crippen molar-refractivity contribution in [1.29, 1.82) is 0 Å². The van der Waals surface area contributed by atoms with Gasteiger partial charge in [-0.15, -0.1) is 0 Å². The molecule has 0 aromatic carbocycles. The Morgan fingerprint density at radius 1 is 0.619 bits per heavy atom. The molecule has 2 amide bonds. The number of hydrogen-bond acceptors (Lipinski definition) is 6. The zero-order valence-corrected chi connectivity index (χ0v) is 27.3. The lowest BCUT2D eigenvalue weighted by Gasteiger charge is -2.40. The monoisotopic (exact) mass is 598 g/mol. The first-order valence-electron chi connectivity index (χ1n) is 17.4. The van der Waals surface area contributed by atoms with Crippen LogP contribution < -0.4 is 17.2 Å². The molecule has 0 rings (SSSR count). The normalized spacial score (nSPS) is 12.7. The van der Waals surface area contributed by atoms with Crippen LogP contribution in [0, 0.1) is 0 Å². The molecule has 0 heterocycles. The van der Waals surface area contributed by atoms with E-state index in [0.717, 1.165) is 32.1 Å². The zero-order chi connectivity index (χ0) is 31.4. The molecule has 9 heteroatoms. The fourth-order valence-electron chi connectivity index (χ4n) is 5.36. The molecule has 0 aliphatic rings. The Morgan fingerprint density at radius 2 is 1.07 bits per heavy atom. The molecule has 0 saturated carbocycles. The molecule has 0 saturated heterocycles. The molecule has 0 aliphatic carbocycles.